The van der Waals surface area contributed by atoms with Crippen LogP contribution in [0.2, 0.25) is 0 Å². The number of rotatable bonds is 3. The Kier molecular flexibility index (Phi) is 4.60. The zero-order valence-electron chi connectivity index (χ0n) is 15.7. The molecule has 0 spiro atoms. The number of oxazole rings is 1. The van der Waals surface area contributed by atoms with Gasteiger partial charge in [-0.3, -0.25) is 4.79 Å². The predicted molar refractivity (Wildman–Crippen MR) is 99.6 cm³/mol. The molecule has 0 aliphatic carbocycles. The van der Waals surface area contributed by atoms with Crippen molar-refractivity contribution in [2.75, 3.05) is 25.5 Å². The number of carbonyl (C=O) groups is 1. The van der Waals surface area contributed by atoms with Crippen LogP contribution >= 0.6 is 0 Å². The van der Waals surface area contributed by atoms with Gasteiger partial charge in [-0.15, -0.1) is 0 Å². The largest absolute Gasteiger partial charge is 0.477 e. The molecule has 1 aliphatic heterocycles. The smallest absolute Gasteiger partial charge is 0.416 e. The molecule has 0 radical (unpaired) electrons. The molecule has 1 amide bonds. The van der Waals surface area contributed by atoms with Crippen LogP contribution in [-0.2, 0) is 17.5 Å². The van der Waals surface area contributed by atoms with Gasteiger partial charge in [0.2, 0.25) is 5.89 Å². The molecule has 0 fully saturated rings. The van der Waals surface area contributed by atoms with Gasteiger partial charge in [-0.05, 0) is 30.3 Å². The van der Waals surface area contributed by atoms with Gasteiger partial charge in [0.1, 0.15) is 11.3 Å². The van der Waals surface area contributed by atoms with Crippen LogP contribution in [-0.4, -0.2) is 42.5 Å². The summed E-state index contributed by atoms with van der Waals surface area (Å²) in [7, 11) is 3.30. The molecule has 9 heteroatoms. The molecule has 0 bridgehead atoms. The molecule has 1 aliphatic rings. The maximum atomic E-state index is 12.9. The monoisotopic (exact) mass is 405 g/mol. The van der Waals surface area contributed by atoms with Crippen molar-refractivity contribution in [3.63, 3.8) is 0 Å². The summed E-state index contributed by atoms with van der Waals surface area (Å²) in [5.41, 5.74) is 0.388. The van der Waals surface area contributed by atoms with E-state index in [0.717, 1.165) is 17.8 Å². The van der Waals surface area contributed by atoms with Crippen molar-refractivity contribution < 1.29 is 27.1 Å². The van der Waals surface area contributed by atoms with Gasteiger partial charge < -0.3 is 19.0 Å². The number of nitrogens with zero attached hydrogens (tertiary/aromatic N) is 3. The first-order valence-electron chi connectivity index (χ1n) is 8.91. The Hall–Kier alpha value is -3.23. The normalized spacial score (nSPS) is 16.4. The maximum Gasteiger partial charge on any atom is 0.416 e. The number of amides is 1. The molecule has 4 rings (SSSR count). The summed E-state index contributed by atoms with van der Waals surface area (Å²) < 4.78 is 50.3. The Morgan fingerprint density at radius 3 is 2.72 bits per heavy atom. The van der Waals surface area contributed by atoms with E-state index in [1.807, 2.05) is 17.0 Å². The van der Waals surface area contributed by atoms with Crippen LogP contribution in [0.3, 0.4) is 0 Å². The van der Waals surface area contributed by atoms with Crippen LogP contribution in [0.1, 0.15) is 11.5 Å². The minimum atomic E-state index is -4.45. The quantitative estimate of drug-likeness (QED) is 0.665. The standard InChI is InChI=1S/C20H18F3N3O3/c1-25(2)19(27)17-10-26(14-5-3-4-6-16(14)28-17)11-18-24-13-9-12(20(21,22)23)7-8-15(13)29-18/h3-9,17H,10-11H2,1-2H3. The molecule has 3 aromatic rings. The fraction of sp³-hybridized carbons (Fsp3) is 0.300. The third-order valence-electron chi connectivity index (χ3n) is 4.66. The van der Waals surface area contributed by atoms with Crippen LogP contribution in [0, 0.1) is 0 Å². The molecule has 0 N–H and O–H groups in total. The van der Waals surface area contributed by atoms with Gasteiger partial charge in [-0.25, -0.2) is 4.98 Å². The molecular weight excluding hydrogens is 387 g/mol. The minimum absolute atomic E-state index is 0.136. The molecule has 1 unspecified atom stereocenters. The van der Waals surface area contributed by atoms with Crippen LogP contribution in [0.15, 0.2) is 46.9 Å². The zero-order valence-corrected chi connectivity index (χ0v) is 15.7. The van der Waals surface area contributed by atoms with E-state index in [2.05, 4.69) is 4.98 Å². The Morgan fingerprint density at radius 2 is 2.00 bits per heavy atom. The second-order valence-electron chi connectivity index (χ2n) is 6.98. The van der Waals surface area contributed by atoms with Gasteiger partial charge >= 0.3 is 6.18 Å². The van der Waals surface area contributed by atoms with Crippen LogP contribution in [0.5, 0.6) is 5.75 Å². The van der Waals surface area contributed by atoms with Gasteiger partial charge in [-0.2, -0.15) is 13.2 Å². The Labute approximate surface area is 164 Å². The van der Waals surface area contributed by atoms with E-state index >= 15 is 0 Å². The Bertz CT molecular complexity index is 1060. The first-order chi connectivity index (χ1) is 13.7. The Balaban J connectivity index is 1.64. The number of aromatic nitrogens is 1. The second kappa shape index (κ2) is 6.98. The molecule has 0 saturated heterocycles. The highest BCUT2D eigenvalue weighted by Gasteiger charge is 2.33. The zero-order chi connectivity index (χ0) is 20.8. The number of halogens is 3. The SMILES string of the molecule is CN(C)C(=O)C1CN(Cc2nc3cc(C(F)(F)F)ccc3o2)c2ccccc2O1. The number of hydrogen-bond acceptors (Lipinski definition) is 5. The topological polar surface area (TPSA) is 58.8 Å². The summed E-state index contributed by atoms with van der Waals surface area (Å²) >= 11 is 0. The van der Waals surface area contributed by atoms with E-state index in [-0.39, 0.29) is 36.0 Å². The molecule has 1 atom stereocenters. The molecule has 29 heavy (non-hydrogen) atoms. The predicted octanol–water partition coefficient (Wildman–Crippen LogP) is 3.70. The summed E-state index contributed by atoms with van der Waals surface area (Å²) in [5.74, 6) is 0.624. The molecule has 2 heterocycles. The molecule has 6 nitrogen and oxygen atoms in total. The minimum Gasteiger partial charge on any atom is -0.477 e. The maximum absolute atomic E-state index is 12.9. The molecular formula is C20H18F3N3O3. The molecule has 0 saturated carbocycles. The number of likely N-dealkylation sites (N-methyl/N-ethyl adjacent to an activating group) is 1. The molecule has 1 aromatic heterocycles. The highest BCUT2D eigenvalue weighted by molar-refractivity contribution is 5.83. The summed E-state index contributed by atoms with van der Waals surface area (Å²) in [6, 6.07) is 10.4. The summed E-state index contributed by atoms with van der Waals surface area (Å²) in [5, 5.41) is 0. The molecule has 2 aromatic carbocycles. The Morgan fingerprint density at radius 1 is 1.24 bits per heavy atom. The molecule has 152 valence electrons. The summed E-state index contributed by atoms with van der Waals surface area (Å²) in [6.45, 7) is 0.453. The number of fused-ring (bicyclic) bond motifs is 2. The van der Waals surface area contributed by atoms with Gasteiger partial charge in [0.05, 0.1) is 24.3 Å². The fourth-order valence-corrected chi connectivity index (χ4v) is 3.26. The van der Waals surface area contributed by atoms with Crippen molar-refractivity contribution >= 4 is 22.7 Å². The van der Waals surface area contributed by atoms with E-state index in [9.17, 15) is 18.0 Å². The van der Waals surface area contributed by atoms with Gasteiger partial charge in [-0.1, -0.05) is 12.1 Å². The lowest BCUT2D eigenvalue weighted by molar-refractivity contribution is -0.137. The van der Waals surface area contributed by atoms with Crippen LogP contribution in [0.4, 0.5) is 18.9 Å². The van der Waals surface area contributed by atoms with Crippen molar-refractivity contribution in [3.05, 3.63) is 53.9 Å². The fourth-order valence-electron chi connectivity index (χ4n) is 3.26. The average molecular weight is 405 g/mol. The second-order valence-corrected chi connectivity index (χ2v) is 6.98. The summed E-state index contributed by atoms with van der Waals surface area (Å²) in [4.78, 5) is 19.9. The number of anilines is 1. The third-order valence-corrected chi connectivity index (χ3v) is 4.66. The van der Waals surface area contributed by atoms with E-state index in [1.54, 1.807) is 26.2 Å². The number of para-hydroxylation sites is 2. The van der Waals surface area contributed by atoms with E-state index in [1.165, 1.54) is 11.0 Å². The van der Waals surface area contributed by atoms with Crippen molar-refractivity contribution in [1.82, 2.24) is 9.88 Å². The number of ether oxygens (including phenoxy) is 1. The van der Waals surface area contributed by atoms with Gasteiger partial charge in [0, 0.05) is 14.1 Å². The van der Waals surface area contributed by atoms with Gasteiger partial charge in [0.25, 0.3) is 5.91 Å². The lowest BCUT2D eigenvalue weighted by atomic mass is 10.1. The van der Waals surface area contributed by atoms with E-state index < -0.39 is 17.8 Å². The first-order valence-corrected chi connectivity index (χ1v) is 8.91. The summed E-state index contributed by atoms with van der Waals surface area (Å²) in [6.07, 6.45) is -5.16. The van der Waals surface area contributed by atoms with Crippen LogP contribution < -0.4 is 9.64 Å². The van der Waals surface area contributed by atoms with E-state index in [0.29, 0.717) is 5.75 Å². The van der Waals surface area contributed by atoms with Crippen molar-refractivity contribution in [2.24, 2.45) is 0 Å². The number of hydrogen-bond donors (Lipinski definition) is 0. The highest BCUT2D eigenvalue weighted by atomic mass is 19.4. The van der Waals surface area contributed by atoms with Crippen LogP contribution in [0.25, 0.3) is 11.1 Å². The number of benzene rings is 2. The lowest BCUT2D eigenvalue weighted by Gasteiger charge is -2.35. The number of alkyl halides is 3. The van der Waals surface area contributed by atoms with E-state index in [4.69, 9.17) is 9.15 Å². The van der Waals surface area contributed by atoms with Crippen molar-refractivity contribution in [3.8, 4) is 5.75 Å². The average Bonchev–Trinajstić information content (AvgIpc) is 3.08. The number of carbonyl (C=O) groups excluding carboxylic acids is 1. The van der Waals surface area contributed by atoms with Gasteiger partial charge in [0.15, 0.2) is 11.7 Å². The first kappa shape index (κ1) is 19.1. The third kappa shape index (κ3) is 3.72. The lowest BCUT2D eigenvalue weighted by Crippen LogP contribution is -2.48. The van der Waals surface area contributed by atoms with Crippen molar-refractivity contribution in [2.45, 2.75) is 18.8 Å². The highest BCUT2D eigenvalue weighted by Crippen LogP contribution is 2.35. The van der Waals surface area contributed by atoms with Crippen molar-refractivity contribution in [1.29, 1.82) is 0 Å².